The van der Waals surface area contributed by atoms with Gasteiger partial charge >= 0.3 is 0 Å². The zero-order valence-electron chi connectivity index (χ0n) is 12.1. The molecule has 2 amide bonds. The van der Waals surface area contributed by atoms with Crippen LogP contribution in [0.3, 0.4) is 0 Å². The number of benzene rings is 1. The van der Waals surface area contributed by atoms with Gasteiger partial charge in [-0.1, -0.05) is 18.2 Å². The van der Waals surface area contributed by atoms with Crippen LogP contribution in [0.2, 0.25) is 0 Å². The predicted molar refractivity (Wildman–Crippen MR) is 84.7 cm³/mol. The minimum atomic E-state index is -0.226. The van der Waals surface area contributed by atoms with Gasteiger partial charge in [0.05, 0.1) is 6.54 Å². The molecule has 116 valence electrons. The predicted octanol–water partition coefficient (Wildman–Crippen LogP) is 1.10. The molecule has 0 bridgehead atoms. The first-order valence-corrected chi connectivity index (χ1v) is 6.94. The first-order valence-electron chi connectivity index (χ1n) is 6.94. The van der Waals surface area contributed by atoms with Crippen LogP contribution in [-0.2, 0) is 4.79 Å². The summed E-state index contributed by atoms with van der Waals surface area (Å²) in [4.78, 5) is 23.7. The van der Waals surface area contributed by atoms with Crippen LogP contribution in [0.4, 0.5) is 0 Å². The fraction of sp³-hybridized carbons (Fsp3) is 0.467. The zero-order chi connectivity index (χ0) is 14.4. The molecule has 0 aromatic heterocycles. The standard InChI is InChI=1S/C15H21N3O2.ClH/c1-15(7-9-16-10-8-15)18-13(19)11-17-14(20)12-5-3-2-4-6-12;/h2-6,16H,7-11H2,1H3,(H,17,20)(H,18,19);1H. The molecule has 0 radical (unpaired) electrons. The Morgan fingerprint density at radius 1 is 1.19 bits per heavy atom. The number of nitrogens with one attached hydrogen (secondary N) is 3. The Morgan fingerprint density at radius 2 is 1.81 bits per heavy atom. The molecule has 0 aliphatic carbocycles. The van der Waals surface area contributed by atoms with Gasteiger partial charge in [0, 0.05) is 11.1 Å². The Bertz CT molecular complexity index is 473. The van der Waals surface area contributed by atoms with Crippen LogP contribution >= 0.6 is 12.4 Å². The van der Waals surface area contributed by atoms with Gasteiger partial charge in [0.25, 0.3) is 5.91 Å². The van der Waals surface area contributed by atoms with E-state index in [0.717, 1.165) is 25.9 Å². The van der Waals surface area contributed by atoms with Crippen LogP contribution in [0.25, 0.3) is 0 Å². The van der Waals surface area contributed by atoms with Crippen molar-refractivity contribution in [1.29, 1.82) is 0 Å². The van der Waals surface area contributed by atoms with Gasteiger partial charge in [-0.25, -0.2) is 0 Å². The van der Waals surface area contributed by atoms with Crippen molar-refractivity contribution in [3.05, 3.63) is 35.9 Å². The number of carbonyl (C=O) groups is 2. The number of rotatable bonds is 4. The number of halogens is 1. The molecule has 0 unspecified atom stereocenters. The van der Waals surface area contributed by atoms with E-state index in [1.165, 1.54) is 0 Å². The fourth-order valence-electron chi connectivity index (χ4n) is 2.34. The highest BCUT2D eigenvalue weighted by Gasteiger charge is 2.28. The molecule has 1 aliphatic heterocycles. The van der Waals surface area contributed by atoms with Crippen molar-refractivity contribution in [2.24, 2.45) is 0 Å². The molecule has 1 aliphatic rings. The van der Waals surface area contributed by atoms with E-state index in [9.17, 15) is 9.59 Å². The van der Waals surface area contributed by atoms with Gasteiger partial charge < -0.3 is 16.0 Å². The Kier molecular flexibility index (Phi) is 6.65. The number of hydrogen-bond acceptors (Lipinski definition) is 3. The molecular weight excluding hydrogens is 290 g/mol. The van der Waals surface area contributed by atoms with E-state index >= 15 is 0 Å². The summed E-state index contributed by atoms with van der Waals surface area (Å²) in [6.45, 7) is 3.88. The Morgan fingerprint density at radius 3 is 2.43 bits per heavy atom. The molecule has 1 aromatic rings. The highest BCUT2D eigenvalue weighted by atomic mass is 35.5. The second-order valence-electron chi connectivity index (χ2n) is 5.41. The molecule has 0 atom stereocenters. The van der Waals surface area contributed by atoms with E-state index in [1.54, 1.807) is 24.3 Å². The van der Waals surface area contributed by atoms with Crippen molar-refractivity contribution in [3.8, 4) is 0 Å². The molecule has 1 saturated heterocycles. The molecule has 0 spiro atoms. The second-order valence-corrected chi connectivity index (χ2v) is 5.41. The van der Waals surface area contributed by atoms with Crippen molar-refractivity contribution in [3.63, 3.8) is 0 Å². The normalized spacial score (nSPS) is 16.4. The molecule has 1 heterocycles. The van der Waals surface area contributed by atoms with Crippen LogP contribution in [-0.4, -0.2) is 37.0 Å². The van der Waals surface area contributed by atoms with Crippen LogP contribution in [0.15, 0.2) is 30.3 Å². The minimum absolute atomic E-state index is 0. The smallest absolute Gasteiger partial charge is 0.251 e. The van der Waals surface area contributed by atoms with Crippen molar-refractivity contribution in [2.45, 2.75) is 25.3 Å². The molecule has 3 N–H and O–H groups in total. The maximum absolute atomic E-state index is 11.9. The number of carbonyl (C=O) groups excluding carboxylic acids is 2. The Hall–Kier alpha value is -1.59. The van der Waals surface area contributed by atoms with Crippen LogP contribution < -0.4 is 16.0 Å². The van der Waals surface area contributed by atoms with E-state index in [2.05, 4.69) is 16.0 Å². The van der Waals surface area contributed by atoms with Gasteiger partial charge in [-0.15, -0.1) is 12.4 Å². The fourth-order valence-corrected chi connectivity index (χ4v) is 2.34. The Balaban J connectivity index is 0.00000220. The third-order valence-electron chi connectivity index (χ3n) is 3.59. The average molecular weight is 312 g/mol. The quantitative estimate of drug-likeness (QED) is 0.780. The molecule has 2 rings (SSSR count). The van der Waals surface area contributed by atoms with Crippen molar-refractivity contribution < 1.29 is 9.59 Å². The third kappa shape index (κ3) is 5.36. The van der Waals surface area contributed by atoms with E-state index in [4.69, 9.17) is 0 Å². The highest BCUT2D eigenvalue weighted by Crippen LogP contribution is 2.16. The summed E-state index contributed by atoms with van der Waals surface area (Å²) in [5, 5.41) is 8.91. The molecule has 21 heavy (non-hydrogen) atoms. The van der Waals surface area contributed by atoms with E-state index < -0.39 is 0 Å². The summed E-state index contributed by atoms with van der Waals surface area (Å²) >= 11 is 0. The summed E-state index contributed by atoms with van der Waals surface area (Å²) in [6.07, 6.45) is 1.82. The van der Waals surface area contributed by atoms with Gasteiger partial charge in [0.1, 0.15) is 0 Å². The van der Waals surface area contributed by atoms with Crippen molar-refractivity contribution >= 4 is 24.2 Å². The molecule has 6 heteroatoms. The van der Waals surface area contributed by atoms with E-state index in [0.29, 0.717) is 5.56 Å². The maximum Gasteiger partial charge on any atom is 0.251 e. The van der Waals surface area contributed by atoms with Crippen LogP contribution in [0.5, 0.6) is 0 Å². The lowest BCUT2D eigenvalue weighted by Crippen LogP contribution is -2.54. The minimum Gasteiger partial charge on any atom is -0.349 e. The maximum atomic E-state index is 11.9. The van der Waals surface area contributed by atoms with E-state index in [-0.39, 0.29) is 36.3 Å². The van der Waals surface area contributed by atoms with Crippen molar-refractivity contribution in [1.82, 2.24) is 16.0 Å². The third-order valence-corrected chi connectivity index (χ3v) is 3.59. The number of hydrogen-bond donors (Lipinski definition) is 3. The van der Waals surface area contributed by atoms with Crippen LogP contribution in [0, 0.1) is 0 Å². The largest absolute Gasteiger partial charge is 0.349 e. The summed E-state index contributed by atoms with van der Waals surface area (Å²) in [7, 11) is 0. The van der Waals surface area contributed by atoms with Crippen LogP contribution in [0.1, 0.15) is 30.1 Å². The lowest BCUT2D eigenvalue weighted by molar-refractivity contribution is -0.122. The topological polar surface area (TPSA) is 70.2 Å². The summed E-state index contributed by atoms with van der Waals surface area (Å²) in [5.74, 6) is -0.366. The first kappa shape index (κ1) is 17.5. The van der Waals surface area contributed by atoms with E-state index in [1.807, 2.05) is 13.0 Å². The SMILES string of the molecule is CC1(NC(=O)CNC(=O)c2ccccc2)CCNCC1.Cl. The highest BCUT2D eigenvalue weighted by molar-refractivity contribution is 5.96. The molecule has 1 aromatic carbocycles. The van der Waals surface area contributed by atoms with Gasteiger partial charge in [-0.3, -0.25) is 9.59 Å². The Labute approximate surface area is 131 Å². The van der Waals surface area contributed by atoms with Gasteiger partial charge in [0.15, 0.2) is 0 Å². The monoisotopic (exact) mass is 311 g/mol. The zero-order valence-corrected chi connectivity index (χ0v) is 13.0. The first-order chi connectivity index (χ1) is 9.59. The lowest BCUT2D eigenvalue weighted by atomic mass is 9.90. The average Bonchev–Trinajstić information content (AvgIpc) is 2.46. The van der Waals surface area contributed by atoms with Gasteiger partial charge in [-0.05, 0) is 45.0 Å². The number of amides is 2. The van der Waals surface area contributed by atoms with Gasteiger partial charge in [-0.2, -0.15) is 0 Å². The van der Waals surface area contributed by atoms with Crippen molar-refractivity contribution in [2.75, 3.05) is 19.6 Å². The number of piperidine rings is 1. The molecule has 0 saturated carbocycles. The molecule has 1 fully saturated rings. The summed E-state index contributed by atoms with van der Waals surface area (Å²) in [5.41, 5.74) is 0.396. The van der Waals surface area contributed by atoms with Gasteiger partial charge in [0.2, 0.25) is 5.91 Å². The lowest BCUT2D eigenvalue weighted by Gasteiger charge is -2.35. The summed E-state index contributed by atoms with van der Waals surface area (Å²) in [6, 6.07) is 8.89. The molecular formula is C15H22ClN3O2. The second kappa shape index (κ2) is 8.00. The molecule has 5 nitrogen and oxygen atoms in total. The summed E-state index contributed by atoms with van der Waals surface area (Å²) < 4.78 is 0.